The van der Waals surface area contributed by atoms with Gasteiger partial charge in [-0.15, -0.1) is 0 Å². The van der Waals surface area contributed by atoms with Crippen LogP contribution in [0, 0.1) is 16.7 Å². The van der Waals surface area contributed by atoms with Gasteiger partial charge in [-0.05, 0) is 50.0 Å². The number of rotatable bonds is 3. The van der Waals surface area contributed by atoms with Crippen molar-refractivity contribution in [3.05, 3.63) is 0 Å². The van der Waals surface area contributed by atoms with Gasteiger partial charge in [0.05, 0.1) is 0 Å². The molecule has 3 unspecified atom stereocenters. The van der Waals surface area contributed by atoms with E-state index in [1.54, 1.807) is 0 Å². The van der Waals surface area contributed by atoms with Gasteiger partial charge >= 0.3 is 0 Å². The molecule has 0 aromatic carbocycles. The van der Waals surface area contributed by atoms with Crippen molar-refractivity contribution in [1.82, 2.24) is 5.32 Å². The Morgan fingerprint density at radius 1 is 1.15 bits per heavy atom. The molecule has 76 valence electrons. The molecule has 0 heterocycles. The van der Waals surface area contributed by atoms with Gasteiger partial charge < -0.3 is 5.32 Å². The minimum absolute atomic E-state index is 0.415. The number of nitrogens with one attached hydrogen (secondary N) is 1. The Morgan fingerprint density at radius 2 is 1.69 bits per heavy atom. The lowest BCUT2D eigenvalue weighted by molar-refractivity contribution is 0.204. The standard InChI is InChI=1S/C12H23N/c1-9(10(2)6-7-10)11(3)8-12(11,4)13-5/h9,13H,6-8H2,1-5H3. The summed E-state index contributed by atoms with van der Waals surface area (Å²) in [5, 5.41) is 3.49. The van der Waals surface area contributed by atoms with Crippen molar-refractivity contribution in [2.24, 2.45) is 16.7 Å². The Bertz CT molecular complexity index is 231. The first-order chi connectivity index (χ1) is 5.88. The Kier molecular flexibility index (Phi) is 1.69. The van der Waals surface area contributed by atoms with Gasteiger partial charge in [0.1, 0.15) is 0 Å². The lowest BCUT2D eigenvalue weighted by Crippen LogP contribution is -2.35. The molecule has 13 heavy (non-hydrogen) atoms. The van der Waals surface area contributed by atoms with E-state index < -0.39 is 0 Å². The average molecular weight is 181 g/mol. The van der Waals surface area contributed by atoms with Gasteiger partial charge in [0.25, 0.3) is 0 Å². The molecule has 2 aliphatic carbocycles. The molecule has 0 aromatic rings. The van der Waals surface area contributed by atoms with Crippen LogP contribution in [0.4, 0.5) is 0 Å². The average Bonchev–Trinajstić information content (AvgIpc) is 2.93. The molecule has 2 fully saturated rings. The van der Waals surface area contributed by atoms with Crippen LogP contribution in [-0.2, 0) is 0 Å². The summed E-state index contributed by atoms with van der Waals surface area (Å²) in [6, 6.07) is 0. The van der Waals surface area contributed by atoms with Crippen molar-refractivity contribution >= 4 is 0 Å². The molecular formula is C12H23N. The fourth-order valence-electron chi connectivity index (χ4n) is 3.09. The predicted octanol–water partition coefficient (Wildman–Crippen LogP) is 2.81. The molecule has 2 saturated carbocycles. The topological polar surface area (TPSA) is 12.0 Å². The van der Waals surface area contributed by atoms with E-state index in [0.29, 0.717) is 16.4 Å². The van der Waals surface area contributed by atoms with Crippen molar-refractivity contribution in [2.45, 2.75) is 52.5 Å². The monoisotopic (exact) mass is 181 g/mol. The van der Waals surface area contributed by atoms with E-state index >= 15 is 0 Å². The van der Waals surface area contributed by atoms with E-state index in [1.165, 1.54) is 19.3 Å². The van der Waals surface area contributed by atoms with E-state index in [2.05, 4.69) is 40.1 Å². The minimum atomic E-state index is 0.415. The third-order valence-corrected chi connectivity index (χ3v) is 5.45. The van der Waals surface area contributed by atoms with E-state index in [1.807, 2.05) is 0 Å². The van der Waals surface area contributed by atoms with Gasteiger partial charge in [-0.2, -0.15) is 0 Å². The van der Waals surface area contributed by atoms with Gasteiger partial charge in [0.2, 0.25) is 0 Å². The van der Waals surface area contributed by atoms with Crippen LogP contribution in [0.2, 0.25) is 0 Å². The molecule has 3 atom stereocenters. The third-order valence-electron chi connectivity index (χ3n) is 5.45. The summed E-state index contributed by atoms with van der Waals surface area (Å²) in [5.41, 5.74) is 1.63. The first kappa shape index (κ1) is 9.51. The molecule has 0 amide bonds. The largest absolute Gasteiger partial charge is 0.314 e. The van der Waals surface area contributed by atoms with Crippen LogP contribution in [0.15, 0.2) is 0 Å². The molecule has 1 N–H and O–H groups in total. The number of hydrogen-bond donors (Lipinski definition) is 1. The molecule has 2 aliphatic rings. The van der Waals surface area contributed by atoms with Crippen LogP contribution in [0.1, 0.15) is 47.0 Å². The molecule has 0 bridgehead atoms. The maximum atomic E-state index is 3.49. The lowest BCUT2D eigenvalue weighted by atomic mass is 9.77. The van der Waals surface area contributed by atoms with Gasteiger partial charge in [-0.3, -0.25) is 0 Å². The van der Waals surface area contributed by atoms with Crippen molar-refractivity contribution in [3.63, 3.8) is 0 Å². The van der Waals surface area contributed by atoms with Crippen molar-refractivity contribution in [1.29, 1.82) is 0 Å². The normalized spacial score (nSPS) is 48.7. The summed E-state index contributed by atoms with van der Waals surface area (Å²) in [4.78, 5) is 0. The summed E-state index contributed by atoms with van der Waals surface area (Å²) in [5.74, 6) is 0.873. The molecule has 0 saturated heterocycles. The highest BCUT2D eigenvalue weighted by Crippen LogP contribution is 2.69. The molecular weight excluding hydrogens is 158 g/mol. The van der Waals surface area contributed by atoms with Crippen LogP contribution < -0.4 is 5.32 Å². The zero-order valence-electron chi connectivity index (χ0n) is 9.70. The van der Waals surface area contributed by atoms with Gasteiger partial charge in [0, 0.05) is 5.54 Å². The first-order valence-electron chi connectivity index (χ1n) is 5.57. The smallest absolute Gasteiger partial charge is 0.0213 e. The molecule has 1 nitrogen and oxygen atoms in total. The second-order valence-corrected chi connectivity index (χ2v) is 6.05. The van der Waals surface area contributed by atoms with E-state index in [4.69, 9.17) is 0 Å². The SMILES string of the molecule is CNC1(C)CC1(C)C(C)C1(C)CC1. The van der Waals surface area contributed by atoms with Crippen LogP contribution >= 0.6 is 0 Å². The maximum absolute atomic E-state index is 3.49. The second kappa shape index (κ2) is 2.31. The Labute approximate surface area is 82.3 Å². The van der Waals surface area contributed by atoms with Crippen LogP contribution in [-0.4, -0.2) is 12.6 Å². The summed E-state index contributed by atoms with van der Waals surface area (Å²) >= 11 is 0. The maximum Gasteiger partial charge on any atom is 0.0213 e. The summed E-state index contributed by atoms with van der Waals surface area (Å²) < 4.78 is 0. The molecule has 0 radical (unpaired) electrons. The van der Waals surface area contributed by atoms with Crippen molar-refractivity contribution in [3.8, 4) is 0 Å². The van der Waals surface area contributed by atoms with Crippen LogP contribution in [0.3, 0.4) is 0 Å². The second-order valence-electron chi connectivity index (χ2n) is 6.05. The molecule has 0 spiro atoms. The summed E-state index contributed by atoms with van der Waals surface area (Å²) in [6.45, 7) is 9.74. The quantitative estimate of drug-likeness (QED) is 0.706. The fraction of sp³-hybridized carbons (Fsp3) is 1.00. The van der Waals surface area contributed by atoms with Gasteiger partial charge in [-0.25, -0.2) is 0 Å². The highest BCUT2D eigenvalue weighted by atomic mass is 15.0. The third kappa shape index (κ3) is 1.09. The van der Waals surface area contributed by atoms with E-state index in [-0.39, 0.29) is 0 Å². The van der Waals surface area contributed by atoms with E-state index in [0.717, 1.165) is 5.92 Å². The fourth-order valence-corrected chi connectivity index (χ4v) is 3.09. The Morgan fingerprint density at radius 3 is 2.00 bits per heavy atom. The lowest BCUT2D eigenvalue weighted by Gasteiger charge is -2.30. The van der Waals surface area contributed by atoms with Gasteiger partial charge in [-0.1, -0.05) is 20.8 Å². The molecule has 0 aromatic heterocycles. The van der Waals surface area contributed by atoms with E-state index in [9.17, 15) is 0 Å². The number of hydrogen-bond acceptors (Lipinski definition) is 1. The van der Waals surface area contributed by atoms with Gasteiger partial charge in [0.15, 0.2) is 0 Å². The first-order valence-corrected chi connectivity index (χ1v) is 5.57. The Hall–Kier alpha value is -0.0400. The molecule has 0 aliphatic heterocycles. The summed E-state index contributed by atoms with van der Waals surface area (Å²) in [7, 11) is 2.10. The zero-order valence-corrected chi connectivity index (χ0v) is 9.70. The predicted molar refractivity (Wildman–Crippen MR) is 56.7 cm³/mol. The molecule has 2 rings (SSSR count). The van der Waals surface area contributed by atoms with Crippen molar-refractivity contribution in [2.75, 3.05) is 7.05 Å². The zero-order chi connectivity index (χ0) is 9.91. The van der Waals surface area contributed by atoms with Crippen molar-refractivity contribution < 1.29 is 0 Å². The van der Waals surface area contributed by atoms with Crippen LogP contribution in [0.5, 0.6) is 0 Å². The summed E-state index contributed by atoms with van der Waals surface area (Å²) in [6.07, 6.45) is 4.25. The highest BCUT2D eigenvalue weighted by Gasteiger charge is 2.67. The Balaban J connectivity index is 2.10. The van der Waals surface area contributed by atoms with Crippen LogP contribution in [0.25, 0.3) is 0 Å². The molecule has 1 heteroatoms. The minimum Gasteiger partial charge on any atom is -0.314 e. The highest BCUT2D eigenvalue weighted by molar-refractivity contribution is 5.21.